The molecule has 0 amide bonds. The highest BCUT2D eigenvalue weighted by Gasteiger charge is 2.07. The largest absolute Gasteiger partial charge is 0.468 e. The molecule has 0 N–H and O–H groups in total. The predicted molar refractivity (Wildman–Crippen MR) is 77.7 cm³/mol. The molecule has 20 heavy (non-hydrogen) atoms. The lowest BCUT2D eigenvalue weighted by Gasteiger charge is -2.03. The summed E-state index contributed by atoms with van der Waals surface area (Å²) in [4.78, 5) is 0. The van der Waals surface area contributed by atoms with E-state index in [9.17, 15) is 0 Å². The molecule has 2 heterocycles. The van der Waals surface area contributed by atoms with Gasteiger partial charge in [-0.05, 0) is 34.7 Å². The van der Waals surface area contributed by atoms with Crippen molar-refractivity contribution in [3.05, 3.63) is 60.3 Å². The average Bonchev–Trinajstić information content (AvgIpc) is 3.16. The van der Waals surface area contributed by atoms with Crippen LogP contribution in [0.3, 0.4) is 0 Å². The van der Waals surface area contributed by atoms with Crippen molar-refractivity contribution >= 4 is 11.8 Å². The van der Waals surface area contributed by atoms with E-state index in [1.54, 1.807) is 10.9 Å². The van der Waals surface area contributed by atoms with Crippen molar-refractivity contribution in [3.8, 4) is 5.69 Å². The molecule has 0 spiro atoms. The summed E-state index contributed by atoms with van der Waals surface area (Å²) in [5, 5.41) is 11.9. The number of aromatic nitrogens is 4. The number of aryl methyl sites for hydroxylation is 1. The van der Waals surface area contributed by atoms with Crippen molar-refractivity contribution in [2.24, 2.45) is 0 Å². The van der Waals surface area contributed by atoms with Gasteiger partial charge in [-0.1, -0.05) is 18.2 Å². The third kappa shape index (κ3) is 3.08. The van der Waals surface area contributed by atoms with Crippen molar-refractivity contribution < 1.29 is 4.42 Å². The first kappa shape index (κ1) is 12.9. The number of hydrogen-bond donors (Lipinski definition) is 0. The molecule has 6 heteroatoms. The van der Waals surface area contributed by atoms with Crippen LogP contribution in [0.15, 0.2) is 53.1 Å². The van der Waals surface area contributed by atoms with Crippen LogP contribution < -0.4 is 0 Å². The standard InChI is InChI=1S/C14H14N4OS/c1-2-5-12(6-3-1)18-14(15-16-17-18)8-10-20-11-13-7-4-9-19-13/h1-7,9H,8,10-11H2. The minimum absolute atomic E-state index is 0.827. The summed E-state index contributed by atoms with van der Waals surface area (Å²) < 4.78 is 7.08. The minimum Gasteiger partial charge on any atom is -0.468 e. The van der Waals surface area contributed by atoms with Gasteiger partial charge in [0, 0.05) is 12.2 Å². The first-order valence-corrected chi connectivity index (χ1v) is 7.52. The Morgan fingerprint density at radius 3 is 2.80 bits per heavy atom. The van der Waals surface area contributed by atoms with Gasteiger partial charge >= 0.3 is 0 Å². The molecule has 3 rings (SSSR count). The fraction of sp³-hybridized carbons (Fsp3) is 0.214. The van der Waals surface area contributed by atoms with Crippen LogP contribution in [0, 0.1) is 0 Å². The summed E-state index contributed by atoms with van der Waals surface area (Å²) >= 11 is 1.81. The van der Waals surface area contributed by atoms with E-state index < -0.39 is 0 Å². The van der Waals surface area contributed by atoms with Crippen LogP contribution in [0.1, 0.15) is 11.6 Å². The first-order chi connectivity index (χ1) is 9.93. The number of benzene rings is 1. The number of thioether (sulfide) groups is 1. The maximum atomic E-state index is 5.30. The van der Waals surface area contributed by atoms with Crippen molar-refractivity contribution in [1.29, 1.82) is 0 Å². The highest BCUT2D eigenvalue weighted by atomic mass is 32.2. The summed E-state index contributed by atoms with van der Waals surface area (Å²) in [5.41, 5.74) is 0.989. The number of rotatable bonds is 6. The van der Waals surface area contributed by atoms with E-state index in [0.29, 0.717) is 0 Å². The van der Waals surface area contributed by atoms with Gasteiger partial charge in [-0.15, -0.1) is 5.10 Å². The quantitative estimate of drug-likeness (QED) is 0.652. The van der Waals surface area contributed by atoms with Gasteiger partial charge in [-0.2, -0.15) is 16.4 Å². The number of furan rings is 1. The molecular weight excluding hydrogens is 272 g/mol. The summed E-state index contributed by atoms with van der Waals surface area (Å²) in [6.07, 6.45) is 2.53. The van der Waals surface area contributed by atoms with Crippen LogP contribution in [-0.2, 0) is 12.2 Å². The molecule has 3 aromatic rings. The summed E-state index contributed by atoms with van der Waals surface area (Å²) in [6.45, 7) is 0. The van der Waals surface area contributed by atoms with Crippen LogP contribution in [0.2, 0.25) is 0 Å². The molecule has 0 unspecified atom stereocenters. The maximum Gasteiger partial charge on any atom is 0.157 e. The van der Waals surface area contributed by atoms with Crippen LogP contribution in [0.5, 0.6) is 0 Å². The Kier molecular flexibility index (Phi) is 4.13. The molecule has 0 fully saturated rings. The Balaban J connectivity index is 1.57. The van der Waals surface area contributed by atoms with E-state index in [0.717, 1.165) is 35.2 Å². The van der Waals surface area contributed by atoms with Gasteiger partial charge < -0.3 is 4.42 Å². The van der Waals surface area contributed by atoms with Crippen LogP contribution >= 0.6 is 11.8 Å². The van der Waals surface area contributed by atoms with Crippen LogP contribution in [0.4, 0.5) is 0 Å². The average molecular weight is 286 g/mol. The molecule has 0 aliphatic carbocycles. The molecule has 0 saturated carbocycles. The highest BCUT2D eigenvalue weighted by molar-refractivity contribution is 7.98. The van der Waals surface area contributed by atoms with E-state index in [1.807, 2.05) is 54.2 Å². The van der Waals surface area contributed by atoms with Gasteiger partial charge in [0.1, 0.15) is 5.76 Å². The fourth-order valence-corrected chi connectivity index (χ4v) is 2.70. The van der Waals surface area contributed by atoms with Gasteiger partial charge in [0.2, 0.25) is 0 Å². The van der Waals surface area contributed by atoms with Crippen molar-refractivity contribution in [3.63, 3.8) is 0 Å². The van der Waals surface area contributed by atoms with Crippen LogP contribution in [0.25, 0.3) is 5.69 Å². The van der Waals surface area contributed by atoms with Gasteiger partial charge in [-0.3, -0.25) is 0 Å². The van der Waals surface area contributed by atoms with E-state index in [2.05, 4.69) is 15.5 Å². The Morgan fingerprint density at radius 1 is 1.10 bits per heavy atom. The van der Waals surface area contributed by atoms with Crippen molar-refractivity contribution in [2.75, 3.05) is 5.75 Å². The molecule has 5 nitrogen and oxygen atoms in total. The minimum atomic E-state index is 0.827. The van der Waals surface area contributed by atoms with E-state index >= 15 is 0 Å². The SMILES string of the molecule is c1ccc(-n2nnnc2CCSCc2ccco2)cc1. The second-order valence-electron chi connectivity index (χ2n) is 4.22. The lowest BCUT2D eigenvalue weighted by atomic mass is 10.3. The van der Waals surface area contributed by atoms with E-state index in [4.69, 9.17) is 4.42 Å². The lowest BCUT2D eigenvalue weighted by molar-refractivity contribution is 0.530. The Morgan fingerprint density at radius 2 is 2.00 bits per heavy atom. The molecule has 2 aromatic heterocycles. The lowest BCUT2D eigenvalue weighted by Crippen LogP contribution is -2.04. The zero-order valence-electron chi connectivity index (χ0n) is 10.8. The highest BCUT2D eigenvalue weighted by Crippen LogP contribution is 2.14. The van der Waals surface area contributed by atoms with Crippen LogP contribution in [-0.4, -0.2) is 26.0 Å². The number of hydrogen-bond acceptors (Lipinski definition) is 5. The van der Waals surface area contributed by atoms with Gasteiger partial charge in [0.25, 0.3) is 0 Å². The summed E-state index contributed by atoms with van der Waals surface area (Å²) in [7, 11) is 0. The molecule has 1 aromatic carbocycles. The second kappa shape index (κ2) is 6.38. The normalized spacial score (nSPS) is 10.8. The first-order valence-electron chi connectivity index (χ1n) is 6.36. The number of tetrazole rings is 1. The van der Waals surface area contributed by atoms with E-state index in [-0.39, 0.29) is 0 Å². The molecule has 0 bridgehead atoms. The zero-order chi connectivity index (χ0) is 13.6. The Bertz CT molecular complexity index is 636. The fourth-order valence-electron chi connectivity index (χ4n) is 1.86. The van der Waals surface area contributed by atoms with E-state index in [1.165, 1.54) is 0 Å². The van der Waals surface area contributed by atoms with Gasteiger partial charge in [0.15, 0.2) is 5.82 Å². The molecular formula is C14H14N4OS. The zero-order valence-corrected chi connectivity index (χ0v) is 11.7. The van der Waals surface area contributed by atoms with Crippen molar-refractivity contribution in [2.45, 2.75) is 12.2 Å². The monoisotopic (exact) mass is 286 g/mol. The predicted octanol–water partition coefficient (Wildman–Crippen LogP) is 2.73. The molecule has 0 saturated heterocycles. The maximum absolute atomic E-state index is 5.30. The third-order valence-corrected chi connectivity index (χ3v) is 3.81. The van der Waals surface area contributed by atoms with Gasteiger partial charge in [-0.25, -0.2) is 0 Å². The topological polar surface area (TPSA) is 56.7 Å². The molecule has 0 aliphatic heterocycles. The van der Waals surface area contributed by atoms with Crippen molar-refractivity contribution in [1.82, 2.24) is 20.2 Å². The molecule has 102 valence electrons. The summed E-state index contributed by atoms with van der Waals surface area (Å²) in [5.74, 6) is 3.70. The van der Waals surface area contributed by atoms with Gasteiger partial charge in [0.05, 0.1) is 17.7 Å². The molecule has 0 radical (unpaired) electrons. The molecule has 0 aliphatic rings. The Labute approximate surface area is 121 Å². The number of para-hydroxylation sites is 1. The molecule has 0 atom stereocenters. The smallest absolute Gasteiger partial charge is 0.157 e. The summed E-state index contributed by atoms with van der Waals surface area (Å²) in [6, 6.07) is 13.8. The Hall–Kier alpha value is -2.08. The number of nitrogens with zero attached hydrogens (tertiary/aromatic N) is 4. The second-order valence-corrected chi connectivity index (χ2v) is 5.33. The third-order valence-electron chi connectivity index (χ3n) is 2.83.